The van der Waals surface area contributed by atoms with Crippen LogP contribution in [0.15, 0.2) is 48.5 Å². The zero-order valence-corrected chi connectivity index (χ0v) is 17.2. The van der Waals surface area contributed by atoms with E-state index in [0.29, 0.717) is 17.7 Å². The van der Waals surface area contributed by atoms with Crippen LogP contribution in [0.25, 0.3) is 0 Å². The summed E-state index contributed by atoms with van der Waals surface area (Å²) in [5.41, 5.74) is 14.0. The number of Topliss-reactive ketones (excluding diaryl/α,β-unsaturated/α-hetero) is 1. The van der Waals surface area contributed by atoms with Crippen LogP contribution >= 0.6 is 0 Å². The highest BCUT2D eigenvalue weighted by Crippen LogP contribution is 2.05. The van der Waals surface area contributed by atoms with Gasteiger partial charge in [-0.2, -0.15) is 0 Å². The summed E-state index contributed by atoms with van der Waals surface area (Å²) in [6, 6.07) is 13.6. The van der Waals surface area contributed by atoms with Gasteiger partial charge in [0.1, 0.15) is 12.6 Å². The number of carbonyl (C=O) groups is 2. The van der Waals surface area contributed by atoms with Crippen molar-refractivity contribution >= 4 is 11.7 Å². The highest BCUT2D eigenvalue weighted by molar-refractivity contribution is 5.98. The van der Waals surface area contributed by atoms with Crippen LogP contribution in [0.2, 0.25) is 0 Å². The van der Waals surface area contributed by atoms with Gasteiger partial charge in [0.25, 0.3) is 5.91 Å². The van der Waals surface area contributed by atoms with Crippen molar-refractivity contribution in [1.82, 2.24) is 10.6 Å². The Morgan fingerprint density at radius 3 is 2.35 bits per heavy atom. The Balaban J connectivity index is 1.97. The van der Waals surface area contributed by atoms with Crippen molar-refractivity contribution in [1.29, 1.82) is 0 Å². The summed E-state index contributed by atoms with van der Waals surface area (Å²) in [5, 5.41) is 14.6. The van der Waals surface area contributed by atoms with E-state index in [0.717, 1.165) is 24.2 Å². The summed E-state index contributed by atoms with van der Waals surface area (Å²) >= 11 is 0. The molecule has 0 aliphatic carbocycles. The summed E-state index contributed by atoms with van der Waals surface area (Å²) in [4.78, 5) is 23.7. The van der Waals surface area contributed by atoms with Gasteiger partial charge in [-0.15, -0.1) is 0 Å². The van der Waals surface area contributed by atoms with Gasteiger partial charge in [-0.3, -0.25) is 9.59 Å². The molecule has 160 valence electrons. The van der Waals surface area contributed by atoms with Crippen LogP contribution in [-0.2, 0) is 11.3 Å². The maximum Gasteiger partial charge on any atom is 0.251 e. The summed E-state index contributed by atoms with van der Waals surface area (Å²) in [6.45, 7) is 1.33. The summed E-state index contributed by atoms with van der Waals surface area (Å²) < 4.78 is 0. The van der Waals surface area contributed by atoms with E-state index in [4.69, 9.17) is 16.6 Å². The molecule has 7 heteroatoms. The average molecular weight is 418 g/mol. The molecular weight excluding hydrogens is 392 g/mol. The quantitative estimate of drug-likeness (QED) is 0.282. The topological polar surface area (TPSA) is 130 Å². The summed E-state index contributed by atoms with van der Waals surface area (Å²) in [7, 11) is 0. The molecule has 1 atom stereocenters. The first-order chi connectivity index (χ1) is 15.1. The number of hydrogen-bond acceptors (Lipinski definition) is 6. The first kappa shape index (κ1) is 23.8. The molecule has 0 bridgehead atoms. The standard InChI is InChI=1S/C24H26N4O3/c25-12-13-27-16-20-7-3-6-19(14-20)5-2-1-4-18-8-10-21(11-9-18)24(31)28-22(15-26)23(30)17-29/h3,6-11,14,22,27,29H,12-13,15-17,25-26H2,(H,28,31)/t22-/m0/s1. The fourth-order valence-electron chi connectivity index (χ4n) is 2.63. The van der Waals surface area contributed by atoms with Crippen LogP contribution in [0.4, 0.5) is 0 Å². The van der Waals surface area contributed by atoms with E-state index < -0.39 is 24.3 Å². The van der Waals surface area contributed by atoms with Gasteiger partial charge in [-0.1, -0.05) is 24.0 Å². The molecule has 7 N–H and O–H groups in total. The van der Waals surface area contributed by atoms with Crippen molar-refractivity contribution in [3.8, 4) is 23.7 Å². The number of amides is 1. The zero-order valence-electron chi connectivity index (χ0n) is 17.2. The molecule has 31 heavy (non-hydrogen) atoms. The van der Waals surface area contributed by atoms with Crippen LogP contribution in [0.5, 0.6) is 0 Å². The second-order valence-electron chi connectivity index (χ2n) is 6.63. The van der Waals surface area contributed by atoms with Gasteiger partial charge in [-0.25, -0.2) is 0 Å². The lowest BCUT2D eigenvalue weighted by Gasteiger charge is -2.14. The smallest absolute Gasteiger partial charge is 0.251 e. The van der Waals surface area contributed by atoms with Crippen molar-refractivity contribution in [2.45, 2.75) is 12.6 Å². The van der Waals surface area contributed by atoms with Crippen LogP contribution in [0.3, 0.4) is 0 Å². The van der Waals surface area contributed by atoms with Gasteiger partial charge >= 0.3 is 0 Å². The summed E-state index contributed by atoms with van der Waals surface area (Å²) in [6.07, 6.45) is 0. The Labute approximate surface area is 182 Å². The molecule has 7 nitrogen and oxygen atoms in total. The van der Waals surface area contributed by atoms with Gasteiger partial charge in [0.15, 0.2) is 5.78 Å². The maximum absolute atomic E-state index is 12.2. The molecule has 0 heterocycles. The fourth-order valence-corrected chi connectivity index (χ4v) is 2.63. The second-order valence-corrected chi connectivity index (χ2v) is 6.63. The number of ketones is 1. The predicted octanol–water partition coefficient (Wildman–Crippen LogP) is -0.243. The molecule has 1 amide bonds. The van der Waals surface area contributed by atoms with Crippen molar-refractivity contribution in [3.05, 3.63) is 70.8 Å². The lowest BCUT2D eigenvalue weighted by atomic mass is 10.1. The molecule has 0 saturated carbocycles. The Bertz CT molecular complexity index is 1010. The first-order valence-corrected chi connectivity index (χ1v) is 9.83. The van der Waals surface area contributed by atoms with E-state index >= 15 is 0 Å². The third-order valence-corrected chi connectivity index (χ3v) is 4.29. The first-order valence-electron chi connectivity index (χ1n) is 9.83. The number of carbonyl (C=O) groups excluding carboxylic acids is 2. The van der Waals surface area contributed by atoms with Crippen LogP contribution in [0, 0.1) is 23.7 Å². The Hall–Kier alpha value is -3.46. The molecule has 0 aromatic heterocycles. The largest absolute Gasteiger partial charge is 0.388 e. The maximum atomic E-state index is 12.2. The normalized spacial score (nSPS) is 10.8. The molecule has 0 radical (unpaired) electrons. The van der Waals surface area contributed by atoms with Crippen LogP contribution < -0.4 is 22.1 Å². The van der Waals surface area contributed by atoms with Crippen LogP contribution in [-0.4, -0.2) is 49.1 Å². The molecule has 0 fully saturated rings. The fraction of sp³-hybridized carbons (Fsp3) is 0.250. The molecule has 2 rings (SSSR count). The van der Waals surface area contributed by atoms with E-state index in [1.807, 2.05) is 24.3 Å². The van der Waals surface area contributed by atoms with Crippen molar-refractivity contribution in [2.75, 3.05) is 26.2 Å². The summed E-state index contributed by atoms with van der Waals surface area (Å²) in [5.74, 6) is 10.6. The Morgan fingerprint density at radius 2 is 1.71 bits per heavy atom. The molecule has 2 aromatic rings. The number of benzene rings is 2. The number of nitrogens with one attached hydrogen (secondary N) is 2. The van der Waals surface area contributed by atoms with E-state index in [2.05, 4.69) is 34.3 Å². The molecule has 0 saturated heterocycles. The SMILES string of the molecule is NCCNCc1cccc(C#CC#Cc2ccc(C(=O)N[C@@H](CN)C(=O)CO)cc2)c1. The molecule has 0 spiro atoms. The minimum atomic E-state index is -0.915. The van der Waals surface area contributed by atoms with E-state index in [9.17, 15) is 9.59 Å². The van der Waals surface area contributed by atoms with E-state index in [1.165, 1.54) is 0 Å². The van der Waals surface area contributed by atoms with Gasteiger partial charge in [0, 0.05) is 42.9 Å². The van der Waals surface area contributed by atoms with Gasteiger partial charge in [0.05, 0.1) is 0 Å². The number of aliphatic hydroxyl groups is 1. The molecule has 2 aromatic carbocycles. The predicted molar refractivity (Wildman–Crippen MR) is 120 cm³/mol. The van der Waals surface area contributed by atoms with Crippen molar-refractivity contribution in [3.63, 3.8) is 0 Å². The Morgan fingerprint density at radius 1 is 1.00 bits per heavy atom. The Kier molecular flexibility index (Phi) is 9.96. The van der Waals surface area contributed by atoms with Gasteiger partial charge in [0.2, 0.25) is 0 Å². The third kappa shape index (κ3) is 8.06. The van der Waals surface area contributed by atoms with Gasteiger partial charge < -0.3 is 27.2 Å². The van der Waals surface area contributed by atoms with Gasteiger partial charge in [-0.05, 0) is 53.8 Å². The minimum Gasteiger partial charge on any atom is -0.388 e. The third-order valence-electron chi connectivity index (χ3n) is 4.29. The highest BCUT2D eigenvalue weighted by atomic mass is 16.3. The number of nitrogens with two attached hydrogens (primary N) is 2. The molecule has 0 unspecified atom stereocenters. The number of hydrogen-bond donors (Lipinski definition) is 5. The number of rotatable bonds is 9. The van der Waals surface area contributed by atoms with Crippen molar-refractivity contribution < 1.29 is 14.7 Å². The zero-order chi connectivity index (χ0) is 22.5. The van der Waals surface area contributed by atoms with Crippen molar-refractivity contribution in [2.24, 2.45) is 11.5 Å². The average Bonchev–Trinajstić information content (AvgIpc) is 2.80. The van der Waals surface area contributed by atoms with E-state index in [-0.39, 0.29) is 6.54 Å². The van der Waals surface area contributed by atoms with E-state index in [1.54, 1.807) is 24.3 Å². The minimum absolute atomic E-state index is 0.0829. The highest BCUT2D eigenvalue weighted by Gasteiger charge is 2.18. The monoisotopic (exact) mass is 418 g/mol. The lowest BCUT2D eigenvalue weighted by Crippen LogP contribution is -2.46. The molecule has 0 aliphatic rings. The molecule has 0 aliphatic heterocycles. The number of aliphatic hydroxyl groups excluding tert-OH is 1. The van der Waals surface area contributed by atoms with Crippen LogP contribution in [0.1, 0.15) is 27.0 Å². The second kappa shape index (κ2) is 13.0. The lowest BCUT2D eigenvalue weighted by molar-refractivity contribution is -0.123. The molecular formula is C24H26N4O3.